The van der Waals surface area contributed by atoms with Crippen LogP contribution in [0.5, 0.6) is 0 Å². The zero-order valence-electron chi connectivity index (χ0n) is 15.9. The quantitative estimate of drug-likeness (QED) is 0.712. The molecule has 4 fully saturated rings. The molecule has 0 bridgehead atoms. The van der Waals surface area contributed by atoms with Gasteiger partial charge in [0.2, 0.25) is 0 Å². The first kappa shape index (κ1) is 17.8. The molecule has 0 unspecified atom stereocenters. The van der Waals surface area contributed by atoms with Crippen LogP contribution in [0.15, 0.2) is 0 Å². The molecule has 4 aliphatic carbocycles. The Morgan fingerprint density at radius 1 is 0.920 bits per heavy atom. The van der Waals surface area contributed by atoms with Gasteiger partial charge in [-0.05, 0) is 80.5 Å². The molecule has 0 saturated heterocycles. The van der Waals surface area contributed by atoms with E-state index in [1.807, 2.05) is 0 Å². The Morgan fingerprint density at radius 3 is 2.32 bits per heavy atom. The molecule has 4 saturated carbocycles. The van der Waals surface area contributed by atoms with E-state index in [1.165, 1.54) is 13.3 Å². The number of esters is 1. The van der Waals surface area contributed by atoms with Gasteiger partial charge in [0.1, 0.15) is 6.10 Å². The molecule has 0 heterocycles. The maximum absolute atomic E-state index is 11.5. The van der Waals surface area contributed by atoms with Gasteiger partial charge in [0.15, 0.2) is 0 Å². The van der Waals surface area contributed by atoms with E-state index in [-0.39, 0.29) is 41.0 Å². The third kappa shape index (κ3) is 2.58. The fourth-order valence-corrected chi connectivity index (χ4v) is 7.62. The van der Waals surface area contributed by atoms with E-state index in [9.17, 15) is 15.0 Å². The van der Waals surface area contributed by atoms with Crippen molar-refractivity contribution in [3.05, 3.63) is 0 Å². The summed E-state index contributed by atoms with van der Waals surface area (Å²) in [7, 11) is 0. The number of ether oxygens (including phenoxy) is 1. The minimum Gasteiger partial charge on any atom is -0.462 e. The van der Waals surface area contributed by atoms with Crippen molar-refractivity contribution in [3.8, 4) is 0 Å². The number of aliphatic hydroxyl groups excluding tert-OH is 2. The number of hydrogen-bond acceptors (Lipinski definition) is 4. The van der Waals surface area contributed by atoms with Gasteiger partial charge in [-0.1, -0.05) is 13.8 Å². The molecule has 4 heteroatoms. The Balaban J connectivity index is 1.61. The third-order valence-electron chi connectivity index (χ3n) is 8.87. The van der Waals surface area contributed by atoms with E-state index >= 15 is 0 Å². The lowest BCUT2D eigenvalue weighted by Crippen LogP contribution is -2.58. The zero-order valence-corrected chi connectivity index (χ0v) is 15.9. The van der Waals surface area contributed by atoms with Gasteiger partial charge in [-0.2, -0.15) is 0 Å². The second-order valence-electron chi connectivity index (χ2n) is 9.94. The van der Waals surface area contributed by atoms with Gasteiger partial charge in [-0.15, -0.1) is 0 Å². The van der Waals surface area contributed by atoms with E-state index in [0.717, 1.165) is 44.9 Å². The van der Waals surface area contributed by atoms with E-state index in [2.05, 4.69) is 13.8 Å². The van der Waals surface area contributed by atoms with Crippen molar-refractivity contribution in [3.63, 3.8) is 0 Å². The highest BCUT2D eigenvalue weighted by Crippen LogP contribution is 2.66. The van der Waals surface area contributed by atoms with Crippen LogP contribution in [0.2, 0.25) is 0 Å². The van der Waals surface area contributed by atoms with Crippen LogP contribution >= 0.6 is 0 Å². The molecule has 9 atom stereocenters. The van der Waals surface area contributed by atoms with Crippen molar-refractivity contribution < 1.29 is 19.7 Å². The fourth-order valence-electron chi connectivity index (χ4n) is 7.62. The molecular weight excluding hydrogens is 316 g/mol. The molecule has 4 rings (SSSR count). The van der Waals surface area contributed by atoms with Crippen LogP contribution in [0, 0.1) is 34.5 Å². The molecule has 2 N–H and O–H groups in total. The summed E-state index contributed by atoms with van der Waals surface area (Å²) in [6.45, 7) is 6.22. The van der Waals surface area contributed by atoms with Crippen molar-refractivity contribution in [2.45, 2.75) is 90.4 Å². The van der Waals surface area contributed by atoms with Gasteiger partial charge in [0, 0.05) is 12.3 Å². The monoisotopic (exact) mass is 350 g/mol. The van der Waals surface area contributed by atoms with Crippen LogP contribution in [-0.4, -0.2) is 34.5 Å². The Morgan fingerprint density at radius 2 is 1.60 bits per heavy atom. The summed E-state index contributed by atoms with van der Waals surface area (Å²) in [4.78, 5) is 11.5. The lowest BCUT2D eigenvalue weighted by atomic mass is 9.44. The second kappa shape index (κ2) is 5.95. The molecule has 0 aliphatic heterocycles. The lowest BCUT2D eigenvalue weighted by Gasteiger charge is -2.61. The summed E-state index contributed by atoms with van der Waals surface area (Å²) in [5.74, 6) is 1.81. The van der Waals surface area contributed by atoms with Gasteiger partial charge >= 0.3 is 5.97 Å². The fraction of sp³-hybridized carbons (Fsp3) is 0.952. The van der Waals surface area contributed by atoms with E-state index in [4.69, 9.17) is 4.74 Å². The maximum Gasteiger partial charge on any atom is 0.302 e. The third-order valence-corrected chi connectivity index (χ3v) is 8.87. The summed E-state index contributed by atoms with van der Waals surface area (Å²) in [5.41, 5.74) is 0.229. The molecule has 0 amide bonds. The normalized spacial score (nSPS) is 55.0. The maximum atomic E-state index is 11.5. The van der Waals surface area contributed by atoms with Crippen molar-refractivity contribution in [1.82, 2.24) is 0 Å². The van der Waals surface area contributed by atoms with Gasteiger partial charge < -0.3 is 14.9 Å². The number of carbonyl (C=O) groups excluding carboxylic acids is 1. The topological polar surface area (TPSA) is 66.8 Å². The molecule has 0 aromatic rings. The van der Waals surface area contributed by atoms with Crippen LogP contribution in [0.3, 0.4) is 0 Å². The van der Waals surface area contributed by atoms with E-state index in [0.29, 0.717) is 17.8 Å². The molecule has 0 aromatic carbocycles. The molecule has 25 heavy (non-hydrogen) atoms. The van der Waals surface area contributed by atoms with Crippen LogP contribution in [0.4, 0.5) is 0 Å². The molecule has 0 radical (unpaired) electrons. The molecule has 4 nitrogen and oxygen atoms in total. The standard InChI is InChI=1S/C21H34O4/c1-12(22)25-19-5-4-15-14-11-18(24)17-10-13(23)6-8-20(17,2)16(14)7-9-21(15,19)3/h13-19,23-24H,4-11H2,1-3H3/t13-,14+,15-,16-,17+,18+,19+,20-,21+/m1/s1. The van der Waals surface area contributed by atoms with Gasteiger partial charge in [0.05, 0.1) is 12.2 Å². The Hall–Kier alpha value is -0.610. The van der Waals surface area contributed by atoms with Crippen LogP contribution in [0.1, 0.15) is 72.1 Å². The van der Waals surface area contributed by atoms with Crippen molar-refractivity contribution in [1.29, 1.82) is 0 Å². The van der Waals surface area contributed by atoms with Gasteiger partial charge in [0.25, 0.3) is 0 Å². The minimum atomic E-state index is -0.295. The van der Waals surface area contributed by atoms with Crippen molar-refractivity contribution in [2.24, 2.45) is 34.5 Å². The number of fused-ring (bicyclic) bond motifs is 5. The van der Waals surface area contributed by atoms with Crippen LogP contribution in [-0.2, 0) is 9.53 Å². The minimum absolute atomic E-state index is 0.0480. The smallest absolute Gasteiger partial charge is 0.302 e. The van der Waals surface area contributed by atoms with E-state index in [1.54, 1.807) is 0 Å². The summed E-state index contributed by atoms with van der Waals surface area (Å²) in [5, 5.41) is 21.1. The SMILES string of the molecule is CC(=O)O[C@H]1CC[C@@H]2[C@@H]3C[C@H](O)[C@@H]4C[C@H](O)CC[C@]4(C)[C@@H]3CC[C@]12C. The highest BCUT2D eigenvalue weighted by atomic mass is 16.5. The first-order valence-corrected chi connectivity index (χ1v) is 10.3. The first-order chi connectivity index (χ1) is 11.8. The van der Waals surface area contributed by atoms with Crippen LogP contribution in [0.25, 0.3) is 0 Å². The average Bonchev–Trinajstić information content (AvgIpc) is 2.86. The predicted molar refractivity (Wildman–Crippen MR) is 94.7 cm³/mol. The second-order valence-corrected chi connectivity index (χ2v) is 9.94. The molecule has 0 spiro atoms. The average molecular weight is 350 g/mol. The summed E-state index contributed by atoms with van der Waals surface area (Å²) < 4.78 is 5.70. The molecular formula is C21H34O4. The van der Waals surface area contributed by atoms with Crippen molar-refractivity contribution >= 4 is 5.97 Å². The Labute approximate surface area is 151 Å². The number of carbonyl (C=O) groups is 1. The summed E-state index contributed by atoms with van der Waals surface area (Å²) >= 11 is 0. The Kier molecular flexibility index (Phi) is 4.23. The van der Waals surface area contributed by atoms with E-state index < -0.39 is 0 Å². The van der Waals surface area contributed by atoms with Crippen LogP contribution < -0.4 is 0 Å². The molecule has 142 valence electrons. The summed E-state index contributed by atoms with van der Waals surface area (Å²) in [6, 6.07) is 0. The lowest BCUT2D eigenvalue weighted by molar-refractivity contribution is -0.181. The van der Waals surface area contributed by atoms with Crippen molar-refractivity contribution in [2.75, 3.05) is 0 Å². The number of aliphatic hydroxyl groups is 2. The predicted octanol–water partition coefficient (Wildman–Crippen LogP) is 3.29. The number of rotatable bonds is 1. The molecule has 0 aromatic heterocycles. The molecule has 4 aliphatic rings. The highest BCUT2D eigenvalue weighted by Gasteiger charge is 2.62. The zero-order chi connectivity index (χ0) is 18.0. The van der Waals surface area contributed by atoms with Gasteiger partial charge in [-0.25, -0.2) is 0 Å². The Bertz CT molecular complexity index is 548. The first-order valence-electron chi connectivity index (χ1n) is 10.3. The largest absolute Gasteiger partial charge is 0.462 e. The highest BCUT2D eigenvalue weighted by molar-refractivity contribution is 5.66. The number of hydrogen-bond donors (Lipinski definition) is 2. The van der Waals surface area contributed by atoms with Gasteiger partial charge in [-0.3, -0.25) is 4.79 Å². The summed E-state index contributed by atoms with van der Waals surface area (Å²) in [6.07, 6.45) is 7.44.